The minimum Gasteiger partial charge on any atom is -0.291 e. The van der Waals surface area contributed by atoms with Crippen LogP contribution in [-0.4, -0.2) is 44.3 Å². The van der Waals surface area contributed by atoms with Crippen LogP contribution in [0.4, 0.5) is 5.95 Å². The number of amides is 3. The number of nitrogens with one attached hydrogen (secondary N) is 2. The minimum atomic E-state index is -0.439. The Bertz CT molecular complexity index is 1130. The molecule has 2 N–H and O–H groups in total. The number of rotatable bonds is 8. The first-order valence-corrected chi connectivity index (χ1v) is 11.0. The van der Waals surface area contributed by atoms with E-state index in [0.29, 0.717) is 23.0 Å². The number of carbonyl (C=O) groups excluding carboxylic acids is 3. The lowest BCUT2D eigenvalue weighted by atomic mass is 10.1. The molecule has 8 nitrogen and oxygen atoms in total. The Hall–Kier alpha value is -3.46. The van der Waals surface area contributed by atoms with Crippen LogP contribution in [0.1, 0.15) is 56.4 Å². The summed E-state index contributed by atoms with van der Waals surface area (Å²) in [6.07, 6.45) is 1.62. The summed E-state index contributed by atoms with van der Waals surface area (Å²) in [7, 11) is 0. The van der Waals surface area contributed by atoms with E-state index in [9.17, 15) is 14.4 Å². The number of anilines is 1. The fourth-order valence-electron chi connectivity index (χ4n) is 3.22. The fraction of sp³-hybridized carbons (Fsp3) is 0.227. The first-order valence-electron chi connectivity index (χ1n) is 9.97. The zero-order valence-electron chi connectivity index (χ0n) is 16.9. The quantitative estimate of drug-likeness (QED) is 0.412. The molecular formula is C22H21N5O3S. The molecule has 3 aromatic rings. The molecule has 2 heterocycles. The van der Waals surface area contributed by atoms with Gasteiger partial charge < -0.3 is 0 Å². The number of hydrogen-bond acceptors (Lipinski definition) is 6. The molecule has 0 unspecified atom stereocenters. The predicted molar refractivity (Wildman–Crippen MR) is 117 cm³/mol. The van der Waals surface area contributed by atoms with Crippen molar-refractivity contribution in [1.29, 1.82) is 0 Å². The second kappa shape index (κ2) is 9.13. The van der Waals surface area contributed by atoms with Crippen LogP contribution in [0, 0.1) is 0 Å². The van der Waals surface area contributed by atoms with Crippen LogP contribution in [0.5, 0.6) is 0 Å². The Morgan fingerprint density at radius 1 is 1.10 bits per heavy atom. The largest absolute Gasteiger partial charge is 0.291 e. The third-order valence-corrected chi connectivity index (χ3v) is 5.79. The van der Waals surface area contributed by atoms with Gasteiger partial charge in [-0.1, -0.05) is 55.4 Å². The number of aromatic nitrogens is 3. The lowest BCUT2D eigenvalue weighted by molar-refractivity contribution is 0.0652. The van der Waals surface area contributed by atoms with Gasteiger partial charge in [-0.05, 0) is 30.2 Å². The number of benzene rings is 2. The SMILES string of the molecule is CCCCN1C(=O)c2ccc(C(=O)Nc3nc(SCc4ccccc4)n[nH]3)cc2C1=O. The van der Waals surface area contributed by atoms with Gasteiger partial charge in [0.05, 0.1) is 11.1 Å². The number of unbranched alkanes of at least 4 members (excludes halogenated alkanes) is 1. The van der Waals surface area contributed by atoms with Gasteiger partial charge in [0.2, 0.25) is 11.1 Å². The Labute approximate surface area is 183 Å². The number of hydrogen-bond donors (Lipinski definition) is 2. The van der Waals surface area contributed by atoms with Crippen molar-refractivity contribution in [3.05, 3.63) is 70.8 Å². The molecule has 1 aliphatic heterocycles. The lowest BCUT2D eigenvalue weighted by Gasteiger charge is -2.12. The van der Waals surface area contributed by atoms with Crippen molar-refractivity contribution in [1.82, 2.24) is 20.1 Å². The molecule has 0 saturated heterocycles. The summed E-state index contributed by atoms with van der Waals surface area (Å²) in [5, 5.41) is 9.96. The summed E-state index contributed by atoms with van der Waals surface area (Å²) in [6, 6.07) is 14.5. The molecule has 1 aliphatic rings. The molecule has 3 amide bonds. The van der Waals surface area contributed by atoms with Crippen molar-refractivity contribution in [3.63, 3.8) is 0 Å². The van der Waals surface area contributed by atoms with Crippen molar-refractivity contribution >= 4 is 35.4 Å². The second-order valence-electron chi connectivity index (χ2n) is 7.07. The average Bonchev–Trinajstić information content (AvgIpc) is 3.33. The molecule has 158 valence electrons. The molecule has 0 radical (unpaired) electrons. The Kier molecular flexibility index (Phi) is 6.13. The molecule has 2 aromatic carbocycles. The minimum absolute atomic E-state index is 0.216. The molecule has 4 rings (SSSR count). The van der Waals surface area contributed by atoms with Crippen LogP contribution in [-0.2, 0) is 5.75 Å². The fourth-order valence-corrected chi connectivity index (χ4v) is 3.97. The first kappa shape index (κ1) is 20.8. The van der Waals surface area contributed by atoms with Gasteiger partial charge >= 0.3 is 0 Å². The van der Waals surface area contributed by atoms with Gasteiger partial charge in [-0.15, -0.1) is 5.10 Å². The molecule has 1 aromatic heterocycles. The Morgan fingerprint density at radius 3 is 2.65 bits per heavy atom. The van der Waals surface area contributed by atoms with Gasteiger partial charge in [-0.25, -0.2) is 5.10 Å². The molecule has 0 fully saturated rings. The zero-order chi connectivity index (χ0) is 21.8. The smallest absolute Gasteiger partial charge is 0.261 e. The van der Waals surface area contributed by atoms with E-state index in [1.807, 2.05) is 37.3 Å². The normalized spacial score (nSPS) is 12.9. The van der Waals surface area contributed by atoms with E-state index in [1.165, 1.54) is 34.9 Å². The summed E-state index contributed by atoms with van der Waals surface area (Å²) in [5.41, 5.74) is 2.00. The molecule has 0 atom stereocenters. The van der Waals surface area contributed by atoms with Crippen LogP contribution >= 0.6 is 11.8 Å². The number of imide groups is 1. The predicted octanol–water partition coefficient (Wildman–Crippen LogP) is 3.75. The maximum absolute atomic E-state index is 12.6. The van der Waals surface area contributed by atoms with E-state index in [4.69, 9.17) is 0 Å². The molecular weight excluding hydrogens is 414 g/mol. The molecule has 9 heteroatoms. The molecule has 0 spiro atoms. The number of thioether (sulfide) groups is 1. The van der Waals surface area contributed by atoms with E-state index in [2.05, 4.69) is 20.5 Å². The van der Waals surface area contributed by atoms with Crippen molar-refractivity contribution in [2.75, 3.05) is 11.9 Å². The summed E-state index contributed by atoms with van der Waals surface area (Å²) in [4.78, 5) is 43.1. The topological polar surface area (TPSA) is 108 Å². The van der Waals surface area contributed by atoms with Crippen molar-refractivity contribution < 1.29 is 14.4 Å². The number of H-pyrrole nitrogens is 1. The number of carbonyl (C=O) groups is 3. The van der Waals surface area contributed by atoms with Gasteiger partial charge in [0.25, 0.3) is 17.7 Å². The molecule has 0 saturated carbocycles. The Morgan fingerprint density at radius 2 is 1.87 bits per heavy atom. The first-order chi connectivity index (χ1) is 15.1. The monoisotopic (exact) mass is 435 g/mol. The highest BCUT2D eigenvalue weighted by molar-refractivity contribution is 7.98. The maximum Gasteiger partial charge on any atom is 0.261 e. The van der Waals surface area contributed by atoms with Crippen molar-refractivity contribution in [2.45, 2.75) is 30.7 Å². The molecule has 31 heavy (non-hydrogen) atoms. The van der Waals surface area contributed by atoms with Gasteiger partial charge in [0.1, 0.15) is 0 Å². The standard InChI is InChI=1S/C22H21N5O3S/c1-2-3-11-27-19(29)16-10-9-15(12-17(16)20(27)30)18(28)23-21-24-22(26-25-21)31-13-14-7-5-4-6-8-14/h4-10,12H,2-3,11,13H2,1H3,(H2,23,24,25,26,28). The number of fused-ring (bicyclic) bond motifs is 1. The van der Waals surface area contributed by atoms with E-state index in [-0.39, 0.29) is 28.9 Å². The lowest BCUT2D eigenvalue weighted by Crippen LogP contribution is -2.30. The Balaban J connectivity index is 1.41. The summed E-state index contributed by atoms with van der Waals surface area (Å²) in [6.45, 7) is 2.38. The highest BCUT2D eigenvalue weighted by Crippen LogP contribution is 2.25. The number of aromatic amines is 1. The summed E-state index contributed by atoms with van der Waals surface area (Å²) < 4.78 is 0. The van der Waals surface area contributed by atoms with Crippen LogP contribution in [0.15, 0.2) is 53.7 Å². The van der Waals surface area contributed by atoms with Crippen molar-refractivity contribution in [3.8, 4) is 0 Å². The van der Waals surface area contributed by atoms with Crippen LogP contribution in [0.3, 0.4) is 0 Å². The summed E-state index contributed by atoms with van der Waals surface area (Å²) >= 11 is 1.45. The maximum atomic E-state index is 12.6. The van der Waals surface area contributed by atoms with E-state index >= 15 is 0 Å². The van der Waals surface area contributed by atoms with Crippen molar-refractivity contribution in [2.24, 2.45) is 0 Å². The van der Waals surface area contributed by atoms with Crippen LogP contribution < -0.4 is 5.32 Å². The van der Waals surface area contributed by atoms with Gasteiger partial charge in [-0.2, -0.15) is 4.98 Å². The third-order valence-electron chi connectivity index (χ3n) is 4.88. The van der Waals surface area contributed by atoms with E-state index in [1.54, 1.807) is 0 Å². The second-order valence-corrected chi connectivity index (χ2v) is 8.01. The molecule has 0 aliphatic carbocycles. The zero-order valence-corrected chi connectivity index (χ0v) is 17.7. The van der Waals surface area contributed by atoms with Gasteiger partial charge in [0, 0.05) is 17.9 Å². The summed E-state index contributed by atoms with van der Waals surface area (Å²) in [5.74, 6) is -0.182. The van der Waals surface area contributed by atoms with E-state index in [0.717, 1.165) is 18.4 Å². The van der Waals surface area contributed by atoms with Gasteiger partial charge in [0.15, 0.2) is 0 Å². The molecule has 0 bridgehead atoms. The van der Waals surface area contributed by atoms with Crippen LogP contribution in [0.2, 0.25) is 0 Å². The van der Waals surface area contributed by atoms with E-state index < -0.39 is 5.91 Å². The van der Waals surface area contributed by atoms with Gasteiger partial charge in [-0.3, -0.25) is 24.6 Å². The number of nitrogens with zero attached hydrogens (tertiary/aromatic N) is 3. The highest BCUT2D eigenvalue weighted by Gasteiger charge is 2.35. The third kappa shape index (κ3) is 4.51. The highest BCUT2D eigenvalue weighted by atomic mass is 32.2. The average molecular weight is 436 g/mol. The van der Waals surface area contributed by atoms with Crippen LogP contribution in [0.25, 0.3) is 0 Å².